The van der Waals surface area contributed by atoms with E-state index in [-0.39, 0.29) is 0 Å². The van der Waals surface area contributed by atoms with Gasteiger partial charge in [0.1, 0.15) is 5.82 Å². The Hall–Kier alpha value is -1.35. The molecule has 0 aliphatic heterocycles. The number of aryl methyl sites for hydroxylation is 2. The lowest BCUT2D eigenvalue weighted by atomic mass is 10.1. The minimum absolute atomic E-state index is 0.947. The Morgan fingerprint density at radius 3 is 2.61 bits per heavy atom. The Morgan fingerprint density at radius 1 is 1.11 bits per heavy atom. The highest BCUT2D eigenvalue weighted by Crippen LogP contribution is 2.16. The number of hydrogen-bond donors (Lipinski definition) is 1. The van der Waals surface area contributed by atoms with Crippen molar-refractivity contribution in [3.8, 4) is 0 Å². The first-order valence-electron chi connectivity index (χ1n) is 6.16. The van der Waals surface area contributed by atoms with Crippen LogP contribution >= 0.6 is 15.9 Å². The van der Waals surface area contributed by atoms with Gasteiger partial charge in [-0.2, -0.15) is 0 Å². The molecule has 0 bridgehead atoms. The van der Waals surface area contributed by atoms with Gasteiger partial charge < -0.3 is 5.32 Å². The lowest BCUT2D eigenvalue weighted by Crippen LogP contribution is -2.05. The Morgan fingerprint density at radius 2 is 1.89 bits per heavy atom. The number of hydrogen-bond acceptors (Lipinski definition) is 2. The highest BCUT2D eigenvalue weighted by atomic mass is 79.9. The third kappa shape index (κ3) is 3.84. The van der Waals surface area contributed by atoms with E-state index in [1.165, 1.54) is 5.56 Å². The molecular formula is C15H17BrN2. The van der Waals surface area contributed by atoms with Crippen LogP contribution in [0.5, 0.6) is 0 Å². The molecule has 1 aromatic carbocycles. The zero-order valence-electron chi connectivity index (χ0n) is 10.5. The molecule has 0 amide bonds. The summed E-state index contributed by atoms with van der Waals surface area (Å²) < 4.78 is 1.05. The normalized spacial score (nSPS) is 10.3. The van der Waals surface area contributed by atoms with Gasteiger partial charge in [-0.05, 0) is 53.4 Å². The Labute approximate surface area is 117 Å². The minimum Gasteiger partial charge on any atom is -0.370 e. The van der Waals surface area contributed by atoms with Crippen molar-refractivity contribution in [3.63, 3.8) is 0 Å². The van der Waals surface area contributed by atoms with Gasteiger partial charge in [-0.3, -0.25) is 0 Å². The fourth-order valence-electron chi connectivity index (χ4n) is 1.80. The van der Waals surface area contributed by atoms with Crippen molar-refractivity contribution < 1.29 is 0 Å². The van der Waals surface area contributed by atoms with Gasteiger partial charge in [-0.1, -0.05) is 30.3 Å². The Bertz CT molecular complexity index is 497. The fraction of sp³-hybridized carbons (Fsp3) is 0.267. The van der Waals surface area contributed by atoms with E-state index >= 15 is 0 Å². The molecule has 2 nitrogen and oxygen atoms in total. The summed E-state index contributed by atoms with van der Waals surface area (Å²) in [6, 6.07) is 14.6. The summed E-state index contributed by atoms with van der Waals surface area (Å²) in [4.78, 5) is 4.46. The average Bonchev–Trinajstić information content (AvgIpc) is 2.40. The summed E-state index contributed by atoms with van der Waals surface area (Å²) in [5.74, 6) is 0.948. The van der Waals surface area contributed by atoms with Crippen molar-refractivity contribution in [1.29, 1.82) is 0 Å². The SMILES string of the molecule is Cc1nc(NCCCc2ccccc2)ccc1Br. The van der Waals surface area contributed by atoms with Crippen LogP contribution in [0.1, 0.15) is 17.7 Å². The smallest absolute Gasteiger partial charge is 0.126 e. The van der Waals surface area contributed by atoms with Crippen LogP contribution < -0.4 is 5.32 Å². The van der Waals surface area contributed by atoms with E-state index in [9.17, 15) is 0 Å². The molecule has 0 fully saturated rings. The summed E-state index contributed by atoms with van der Waals surface area (Å²) in [6.07, 6.45) is 2.21. The lowest BCUT2D eigenvalue weighted by Gasteiger charge is -2.07. The maximum atomic E-state index is 4.46. The summed E-state index contributed by atoms with van der Waals surface area (Å²) in [5, 5.41) is 3.35. The molecule has 1 aromatic heterocycles. The largest absolute Gasteiger partial charge is 0.370 e. The topological polar surface area (TPSA) is 24.9 Å². The van der Waals surface area contributed by atoms with E-state index in [1.807, 2.05) is 19.1 Å². The van der Waals surface area contributed by atoms with Crippen LogP contribution in [0.2, 0.25) is 0 Å². The van der Waals surface area contributed by atoms with E-state index in [1.54, 1.807) is 0 Å². The second kappa shape index (κ2) is 6.55. The number of rotatable bonds is 5. The first-order chi connectivity index (χ1) is 8.75. The molecule has 0 saturated carbocycles. The fourth-order valence-corrected chi connectivity index (χ4v) is 2.02. The molecule has 0 saturated heterocycles. The van der Waals surface area contributed by atoms with Crippen LogP contribution in [0.3, 0.4) is 0 Å². The number of halogens is 1. The number of anilines is 1. The molecule has 0 radical (unpaired) electrons. The summed E-state index contributed by atoms with van der Waals surface area (Å²) in [5.41, 5.74) is 2.40. The Kier molecular flexibility index (Phi) is 4.76. The number of nitrogens with one attached hydrogen (secondary N) is 1. The van der Waals surface area contributed by atoms with Crippen molar-refractivity contribution in [2.24, 2.45) is 0 Å². The van der Waals surface area contributed by atoms with Crippen LogP contribution in [0, 0.1) is 6.92 Å². The second-order valence-corrected chi connectivity index (χ2v) is 5.13. The summed E-state index contributed by atoms with van der Waals surface area (Å²) in [7, 11) is 0. The highest BCUT2D eigenvalue weighted by Gasteiger charge is 1.98. The van der Waals surface area contributed by atoms with Gasteiger partial charge >= 0.3 is 0 Å². The van der Waals surface area contributed by atoms with Crippen molar-refractivity contribution in [2.45, 2.75) is 19.8 Å². The van der Waals surface area contributed by atoms with Gasteiger partial charge in [0.05, 0.1) is 5.69 Å². The minimum atomic E-state index is 0.947. The van der Waals surface area contributed by atoms with Crippen LogP contribution in [-0.4, -0.2) is 11.5 Å². The second-order valence-electron chi connectivity index (χ2n) is 4.28. The average molecular weight is 305 g/mol. The zero-order valence-corrected chi connectivity index (χ0v) is 12.1. The van der Waals surface area contributed by atoms with E-state index < -0.39 is 0 Å². The summed E-state index contributed by atoms with van der Waals surface area (Å²) in [6.45, 7) is 2.95. The Balaban J connectivity index is 1.77. The molecule has 0 spiro atoms. The zero-order chi connectivity index (χ0) is 12.8. The first kappa shape index (κ1) is 13.1. The van der Waals surface area contributed by atoms with E-state index in [0.717, 1.165) is 35.4 Å². The molecule has 2 rings (SSSR count). The van der Waals surface area contributed by atoms with E-state index in [2.05, 4.69) is 56.6 Å². The van der Waals surface area contributed by atoms with Crippen molar-refractivity contribution >= 4 is 21.7 Å². The molecule has 94 valence electrons. The molecular weight excluding hydrogens is 288 g/mol. The van der Waals surface area contributed by atoms with Gasteiger partial charge in [0.15, 0.2) is 0 Å². The molecule has 0 aliphatic rings. The standard InChI is InChI=1S/C15H17BrN2/c1-12-14(16)9-10-15(18-12)17-11-5-8-13-6-3-2-4-7-13/h2-4,6-7,9-10H,5,8,11H2,1H3,(H,17,18). The van der Waals surface area contributed by atoms with Gasteiger partial charge in [-0.25, -0.2) is 4.98 Å². The quantitative estimate of drug-likeness (QED) is 0.838. The molecule has 0 atom stereocenters. The highest BCUT2D eigenvalue weighted by molar-refractivity contribution is 9.10. The lowest BCUT2D eigenvalue weighted by molar-refractivity contribution is 0.858. The van der Waals surface area contributed by atoms with Gasteiger partial charge in [0.25, 0.3) is 0 Å². The molecule has 1 N–H and O–H groups in total. The predicted molar refractivity (Wildman–Crippen MR) is 79.9 cm³/mol. The number of nitrogens with zero attached hydrogens (tertiary/aromatic N) is 1. The number of benzene rings is 1. The van der Waals surface area contributed by atoms with E-state index in [0.29, 0.717) is 0 Å². The van der Waals surface area contributed by atoms with Crippen LogP contribution in [0.25, 0.3) is 0 Å². The molecule has 3 heteroatoms. The molecule has 2 aromatic rings. The van der Waals surface area contributed by atoms with Gasteiger partial charge in [-0.15, -0.1) is 0 Å². The molecule has 1 heterocycles. The molecule has 0 unspecified atom stereocenters. The third-order valence-corrected chi connectivity index (χ3v) is 3.65. The summed E-state index contributed by atoms with van der Waals surface area (Å²) >= 11 is 3.45. The van der Waals surface area contributed by atoms with Crippen LogP contribution in [-0.2, 0) is 6.42 Å². The maximum absolute atomic E-state index is 4.46. The third-order valence-electron chi connectivity index (χ3n) is 2.81. The number of aromatic nitrogens is 1. The predicted octanol–water partition coefficient (Wildman–Crippen LogP) is 4.20. The van der Waals surface area contributed by atoms with Gasteiger partial charge in [0, 0.05) is 11.0 Å². The monoisotopic (exact) mass is 304 g/mol. The number of pyridine rings is 1. The molecule has 18 heavy (non-hydrogen) atoms. The van der Waals surface area contributed by atoms with Crippen LogP contribution in [0.15, 0.2) is 46.9 Å². The van der Waals surface area contributed by atoms with Crippen molar-refractivity contribution in [2.75, 3.05) is 11.9 Å². The first-order valence-corrected chi connectivity index (χ1v) is 6.96. The van der Waals surface area contributed by atoms with Crippen molar-refractivity contribution in [3.05, 3.63) is 58.2 Å². The van der Waals surface area contributed by atoms with Crippen LogP contribution in [0.4, 0.5) is 5.82 Å². The van der Waals surface area contributed by atoms with E-state index in [4.69, 9.17) is 0 Å². The van der Waals surface area contributed by atoms with Gasteiger partial charge in [0.2, 0.25) is 0 Å². The van der Waals surface area contributed by atoms with Crippen molar-refractivity contribution in [1.82, 2.24) is 4.98 Å². The maximum Gasteiger partial charge on any atom is 0.126 e. The molecule has 0 aliphatic carbocycles.